The highest BCUT2D eigenvalue weighted by molar-refractivity contribution is 5.55. The predicted molar refractivity (Wildman–Crippen MR) is 80.7 cm³/mol. The van der Waals surface area contributed by atoms with Crippen LogP contribution < -0.4 is 10.2 Å². The molecule has 0 aliphatic carbocycles. The summed E-state index contributed by atoms with van der Waals surface area (Å²) in [6, 6.07) is 9.54. The molecule has 0 radical (unpaired) electrons. The summed E-state index contributed by atoms with van der Waals surface area (Å²) < 4.78 is 0. The number of anilines is 1. The van der Waals surface area contributed by atoms with E-state index in [0.29, 0.717) is 6.04 Å². The molecular weight excluding hydrogens is 234 g/mol. The molecule has 2 fully saturated rings. The summed E-state index contributed by atoms with van der Waals surface area (Å²) in [5.74, 6) is 0. The lowest BCUT2D eigenvalue weighted by Gasteiger charge is -2.37. The minimum absolute atomic E-state index is 0.560. The molecule has 1 unspecified atom stereocenters. The molecule has 2 heterocycles. The molecule has 0 aromatic heterocycles. The van der Waals surface area contributed by atoms with Crippen molar-refractivity contribution in [1.82, 2.24) is 10.2 Å². The highest BCUT2D eigenvalue weighted by Crippen LogP contribution is 2.31. The zero-order chi connectivity index (χ0) is 13.1. The van der Waals surface area contributed by atoms with Gasteiger partial charge in [-0.25, -0.2) is 0 Å². The Labute approximate surface area is 116 Å². The molecule has 1 aromatic rings. The van der Waals surface area contributed by atoms with E-state index in [1.807, 2.05) is 0 Å². The van der Waals surface area contributed by atoms with Crippen LogP contribution in [-0.4, -0.2) is 44.7 Å². The summed E-state index contributed by atoms with van der Waals surface area (Å²) >= 11 is 0. The number of piperazine rings is 1. The van der Waals surface area contributed by atoms with Crippen LogP contribution in [0.5, 0.6) is 0 Å². The summed E-state index contributed by atoms with van der Waals surface area (Å²) in [5.41, 5.74) is 2.96. The van der Waals surface area contributed by atoms with Gasteiger partial charge in [0.25, 0.3) is 0 Å². The van der Waals surface area contributed by atoms with E-state index in [1.165, 1.54) is 50.1 Å². The second kappa shape index (κ2) is 5.93. The van der Waals surface area contributed by atoms with Crippen LogP contribution in [0.4, 0.5) is 5.69 Å². The molecule has 3 heteroatoms. The summed E-state index contributed by atoms with van der Waals surface area (Å²) in [7, 11) is 2.21. The van der Waals surface area contributed by atoms with Crippen LogP contribution >= 0.6 is 0 Å². The smallest absolute Gasteiger partial charge is 0.0415 e. The Balaban J connectivity index is 1.80. The van der Waals surface area contributed by atoms with Gasteiger partial charge < -0.3 is 15.1 Å². The third kappa shape index (κ3) is 2.93. The molecule has 1 aromatic carbocycles. The van der Waals surface area contributed by atoms with Crippen molar-refractivity contribution in [3.05, 3.63) is 29.8 Å². The van der Waals surface area contributed by atoms with E-state index in [0.717, 1.165) is 13.1 Å². The highest BCUT2D eigenvalue weighted by Gasteiger charge is 2.22. The zero-order valence-electron chi connectivity index (χ0n) is 11.9. The lowest BCUT2D eigenvalue weighted by Crippen LogP contribution is -2.45. The van der Waals surface area contributed by atoms with E-state index < -0.39 is 0 Å². The van der Waals surface area contributed by atoms with Gasteiger partial charge in [-0.3, -0.25) is 0 Å². The van der Waals surface area contributed by atoms with Crippen molar-refractivity contribution in [2.45, 2.75) is 25.3 Å². The molecule has 0 amide bonds. The quantitative estimate of drug-likeness (QED) is 0.879. The van der Waals surface area contributed by atoms with Crippen LogP contribution in [0.2, 0.25) is 0 Å². The number of hydrogen-bond acceptors (Lipinski definition) is 3. The van der Waals surface area contributed by atoms with Gasteiger partial charge in [0.05, 0.1) is 0 Å². The number of benzene rings is 1. The molecular formula is C16H25N3. The monoisotopic (exact) mass is 259 g/mol. The highest BCUT2D eigenvalue weighted by atomic mass is 15.2. The van der Waals surface area contributed by atoms with Crippen molar-refractivity contribution < 1.29 is 0 Å². The first-order chi connectivity index (χ1) is 9.34. The maximum atomic E-state index is 3.69. The van der Waals surface area contributed by atoms with Crippen molar-refractivity contribution in [2.24, 2.45) is 0 Å². The summed E-state index contributed by atoms with van der Waals surface area (Å²) in [5, 5.41) is 3.69. The second-order valence-corrected chi connectivity index (χ2v) is 5.85. The topological polar surface area (TPSA) is 18.5 Å². The lowest BCUT2D eigenvalue weighted by atomic mass is 9.95. The molecule has 2 aliphatic heterocycles. The normalized spacial score (nSPS) is 25.5. The van der Waals surface area contributed by atoms with Gasteiger partial charge in [-0.15, -0.1) is 0 Å². The molecule has 0 bridgehead atoms. The zero-order valence-corrected chi connectivity index (χ0v) is 11.9. The molecule has 19 heavy (non-hydrogen) atoms. The molecule has 1 atom stereocenters. The first kappa shape index (κ1) is 12.9. The number of rotatable bonds is 2. The van der Waals surface area contributed by atoms with Crippen molar-refractivity contribution in [3.63, 3.8) is 0 Å². The average Bonchev–Trinajstić information content (AvgIpc) is 2.49. The lowest BCUT2D eigenvalue weighted by molar-refractivity contribution is 0.312. The Morgan fingerprint density at radius 2 is 1.84 bits per heavy atom. The maximum absolute atomic E-state index is 3.69. The van der Waals surface area contributed by atoms with E-state index in [1.54, 1.807) is 0 Å². The van der Waals surface area contributed by atoms with E-state index in [2.05, 4.69) is 46.4 Å². The summed E-state index contributed by atoms with van der Waals surface area (Å²) in [6.07, 6.45) is 3.96. The van der Waals surface area contributed by atoms with Crippen LogP contribution in [0.25, 0.3) is 0 Å². The van der Waals surface area contributed by atoms with Gasteiger partial charge in [-0.05, 0) is 38.1 Å². The van der Waals surface area contributed by atoms with Crippen molar-refractivity contribution in [2.75, 3.05) is 44.7 Å². The third-order valence-corrected chi connectivity index (χ3v) is 4.47. The van der Waals surface area contributed by atoms with Crippen LogP contribution in [0, 0.1) is 0 Å². The van der Waals surface area contributed by atoms with E-state index in [9.17, 15) is 0 Å². The maximum Gasteiger partial charge on any atom is 0.0415 e. The fourth-order valence-electron chi connectivity index (χ4n) is 3.23. The summed E-state index contributed by atoms with van der Waals surface area (Å²) in [6.45, 7) is 5.82. The van der Waals surface area contributed by atoms with Gasteiger partial charge in [0.2, 0.25) is 0 Å². The van der Waals surface area contributed by atoms with Gasteiger partial charge in [0, 0.05) is 37.9 Å². The minimum atomic E-state index is 0.560. The number of piperidine rings is 1. The summed E-state index contributed by atoms with van der Waals surface area (Å²) in [4.78, 5) is 4.98. The van der Waals surface area contributed by atoms with Crippen LogP contribution in [0.15, 0.2) is 24.3 Å². The van der Waals surface area contributed by atoms with E-state index in [-0.39, 0.29) is 0 Å². The first-order valence-electron chi connectivity index (χ1n) is 7.60. The van der Waals surface area contributed by atoms with Crippen LogP contribution in [-0.2, 0) is 0 Å². The number of nitrogens with zero attached hydrogens (tertiary/aromatic N) is 2. The largest absolute Gasteiger partial charge is 0.369 e. The Bertz CT molecular complexity index is 404. The average molecular weight is 259 g/mol. The molecule has 3 rings (SSSR count). The van der Waals surface area contributed by atoms with Crippen molar-refractivity contribution >= 4 is 5.69 Å². The van der Waals surface area contributed by atoms with Gasteiger partial charge in [-0.2, -0.15) is 0 Å². The SMILES string of the molecule is CN1CCN(c2ccccc2C2CCCCN2)CC1. The predicted octanol–water partition coefficient (Wildman–Crippen LogP) is 2.25. The van der Waals surface area contributed by atoms with Crippen LogP contribution in [0.1, 0.15) is 30.9 Å². The Hall–Kier alpha value is -1.06. The molecule has 2 aliphatic rings. The number of hydrogen-bond donors (Lipinski definition) is 1. The van der Waals surface area contributed by atoms with Gasteiger partial charge in [0.15, 0.2) is 0 Å². The van der Waals surface area contributed by atoms with Crippen molar-refractivity contribution in [1.29, 1.82) is 0 Å². The molecule has 0 saturated carbocycles. The number of nitrogens with one attached hydrogen (secondary N) is 1. The van der Waals surface area contributed by atoms with Crippen LogP contribution in [0.3, 0.4) is 0 Å². The van der Waals surface area contributed by atoms with Gasteiger partial charge in [-0.1, -0.05) is 24.6 Å². The Morgan fingerprint density at radius 3 is 2.58 bits per heavy atom. The molecule has 3 nitrogen and oxygen atoms in total. The second-order valence-electron chi connectivity index (χ2n) is 5.85. The first-order valence-corrected chi connectivity index (χ1v) is 7.60. The van der Waals surface area contributed by atoms with Gasteiger partial charge in [0.1, 0.15) is 0 Å². The van der Waals surface area contributed by atoms with Crippen molar-refractivity contribution in [3.8, 4) is 0 Å². The Kier molecular flexibility index (Phi) is 4.04. The number of likely N-dealkylation sites (N-methyl/N-ethyl adjacent to an activating group) is 1. The minimum Gasteiger partial charge on any atom is -0.369 e. The fraction of sp³-hybridized carbons (Fsp3) is 0.625. The molecule has 104 valence electrons. The standard InChI is InChI=1S/C16H25N3/c1-18-10-12-19(13-11-18)16-8-3-2-6-14(16)15-7-4-5-9-17-15/h2-3,6,8,15,17H,4-5,7,9-13H2,1H3. The van der Waals surface area contributed by atoms with E-state index >= 15 is 0 Å². The Morgan fingerprint density at radius 1 is 1.05 bits per heavy atom. The molecule has 2 saturated heterocycles. The van der Waals surface area contributed by atoms with Gasteiger partial charge >= 0.3 is 0 Å². The molecule has 1 N–H and O–H groups in total. The fourth-order valence-corrected chi connectivity index (χ4v) is 3.23. The third-order valence-electron chi connectivity index (χ3n) is 4.47. The van der Waals surface area contributed by atoms with E-state index in [4.69, 9.17) is 0 Å². The molecule has 0 spiro atoms. The number of para-hydroxylation sites is 1.